The van der Waals surface area contributed by atoms with Gasteiger partial charge in [0, 0.05) is 18.3 Å². The number of carbonyl (C=O) groups is 2. The quantitative estimate of drug-likeness (QED) is 0.571. The summed E-state index contributed by atoms with van der Waals surface area (Å²) in [5.41, 5.74) is 3.60. The maximum atomic E-state index is 13.0. The van der Waals surface area contributed by atoms with Gasteiger partial charge in [0.2, 0.25) is 11.8 Å². The highest BCUT2D eigenvalue weighted by Crippen LogP contribution is 2.15. The summed E-state index contributed by atoms with van der Waals surface area (Å²) in [7, 11) is 0. The summed E-state index contributed by atoms with van der Waals surface area (Å²) in [6, 6.07) is 18.1. The van der Waals surface area contributed by atoms with Gasteiger partial charge >= 0.3 is 0 Å². The number of hydrogen-bond acceptors (Lipinski definition) is 3. The summed E-state index contributed by atoms with van der Waals surface area (Å²) < 4.78 is 0. The van der Waals surface area contributed by atoms with Gasteiger partial charge in [-0.3, -0.25) is 9.59 Å². The standard InChI is InChI=1S/C25H34N2O2S/c1-5-20(3)26-25(29)21(4)27(16-15-22-9-7-6-8-10-22)24(28)18-30-17-23-13-11-19(2)12-14-23/h6-14,20-21H,5,15-18H2,1-4H3,(H,26,29). The molecule has 0 aliphatic rings. The number of amides is 2. The molecule has 0 saturated heterocycles. The van der Waals surface area contributed by atoms with Crippen molar-refractivity contribution in [3.05, 3.63) is 71.3 Å². The minimum absolute atomic E-state index is 0.00912. The number of rotatable bonds is 11. The third-order valence-electron chi connectivity index (χ3n) is 5.27. The van der Waals surface area contributed by atoms with Gasteiger partial charge in [0.1, 0.15) is 6.04 Å². The minimum Gasteiger partial charge on any atom is -0.352 e. The van der Waals surface area contributed by atoms with Crippen LogP contribution >= 0.6 is 11.8 Å². The second kappa shape index (κ2) is 12.4. The van der Waals surface area contributed by atoms with E-state index in [1.54, 1.807) is 16.7 Å². The highest BCUT2D eigenvalue weighted by molar-refractivity contribution is 7.99. The number of thioether (sulfide) groups is 1. The molecule has 2 atom stereocenters. The number of aryl methyl sites for hydroxylation is 1. The van der Waals surface area contributed by atoms with Gasteiger partial charge in [-0.15, -0.1) is 11.8 Å². The maximum Gasteiger partial charge on any atom is 0.242 e. The van der Waals surface area contributed by atoms with Gasteiger partial charge in [-0.05, 0) is 44.7 Å². The molecular weight excluding hydrogens is 392 g/mol. The van der Waals surface area contributed by atoms with Crippen molar-refractivity contribution in [1.29, 1.82) is 0 Å². The predicted octanol–water partition coefficient (Wildman–Crippen LogP) is 4.60. The molecule has 30 heavy (non-hydrogen) atoms. The topological polar surface area (TPSA) is 49.4 Å². The van der Waals surface area contributed by atoms with Crippen LogP contribution in [-0.2, 0) is 21.8 Å². The van der Waals surface area contributed by atoms with E-state index in [2.05, 4.69) is 48.6 Å². The Kier molecular flexibility index (Phi) is 9.95. The van der Waals surface area contributed by atoms with Crippen molar-refractivity contribution in [3.63, 3.8) is 0 Å². The summed E-state index contributed by atoms with van der Waals surface area (Å²) in [4.78, 5) is 27.4. The molecule has 0 bridgehead atoms. The second-order valence-corrected chi connectivity index (χ2v) is 8.78. The van der Waals surface area contributed by atoms with Crippen molar-refractivity contribution in [2.24, 2.45) is 0 Å². The Morgan fingerprint density at radius 1 is 1.00 bits per heavy atom. The summed E-state index contributed by atoms with van der Waals surface area (Å²) in [5, 5.41) is 3.01. The highest BCUT2D eigenvalue weighted by Gasteiger charge is 2.26. The van der Waals surface area contributed by atoms with Crippen molar-refractivity contribution in [2.75, 3.05) is 12.3 Å². The Bertz CT molecular complexity index is 793. The minimum atomic E-state index is -0.491. The molecule has 2 aromatic carbocycles. The molecule has 4 nitrogen and oxygen atoms in total. The molecule has 2 aromatic rings. The number of hydrogen-bond donors (Lipinski definition) is 1. The van der Waals surface area contributed by atoms with Crippen LogP contribution in [0.1, 0.15) is 43.9 Å². The summed E-state index contributed by atoms with van der Waals surface area (Å²) in [5.74, 6) is 1.07. The Morgan fingerprint density at radius 2 is 1.67 bits per heavy atom. The first-order chi connectivity index (χ1) is 14.4. The Labute approximate surface area is 185 Å². The van der Waals surface area contributed by atoms with E-state index in [1.807, 2.05) is 39.0 Å². The molecule has 2 rings (SSSR count). The first-order valence-corrected chi connectivity index (χ1v) is 11.8. The fourth-order valence-corrected chi connectivity index (χ4v) is 3.93. The smallest absolute Gasteiger partial charge is 0.242 e. The second-order valence-electron chi connectivity index (χ2n) is 7.79. The Morgan fingerprint density at radius 3 is 2.30 bits per heavy atom. The van der Waals surface area contributed by atoms with Crippen molar-refractivity contribution in [3.8, 4) is 0 Å². The van der Waals surface area contributed by atoms with Crippen LogP contribution in [0.25, 0.3) is 0 Å². The molecule has 162 valence electrons. The molecule has 5 heteroatoms. The molecular formula is C25H34N2O2S. The summed E-state index contributed by atoms with van der Waals surface area (Å²) in [6.07, 6.45) is 1.60. The van der Waals surface area contributed by atoms with Gasteiger partial charge in [0.05, 0.1) is 5.75 Å². The van der Waals surface area contributed by atoms with Crippen LogP contribution in [0.3, 0.4) is 0 Å². The van der Waals surface area contributed by atoms with E-state index in [0.717, 1.165) is 24.2 Å². The predicted molar refractivity (Wildman–Crippen MR) is 127 cm³/mol. The fraction of sp³-hybridized carbons (Fsp3) is 0.440. The van der Waals surface area contributed by atoms with E-state index >= 15 is 0 Å². The first kappa shape index (κ1) is 24.0. The molecule has 0 fully saturated rings. The first-order valence-electron chi connectivity index (χ1n) is 10.7. The third-order valence-corrected chi connectivity index (χ3v) is 6.26. The fourth-order valence-electron chi connectivity index (χ4n) is 3.06. The molecule has 0 saturated carbocycles. The number of carbonyl (C=O) groups excluding carboxylic acids is 2. The molecule has 1 N–H and O–H groups in total. The van der Waals surface area contributed by atoms with Gasteiger partial charge < -0.3 is 10.2 Å². The van der Waals surface area contributed by atoms with Crippen molar-refractivity contribution in [1.82, 2.24) is 10.2 Å². The molecule has 0 heterocycles. The maximum absolute atomic E-state index is 13.0. The van der Waals surface area contributed by atoms with E-state index in [0.29, 0.717) is 12.3 Å². The molecule has 2 unspecified atom stereocenters. The number of nitrogens with one attached hydrogen (secondary N) is 1. The molecule has 0 aromatic heterocycles. The van der Waals surface area contributed by atoms with Crippen LogP contribution in [0.2, 0.25) is 0 Å². The molecule has 2 amide bonds. The third kappa shape index (κ3) is 7.86. The molecule has 0 spiro atoms. The van der Waals surface area contributed by atoms with Gasteiger partial charge in [0.25, 0.3) is 0 Å². The lowest BCUT2D eigenvalue weighted by atomic mass is 10.1. The zero-order chi connectivity index (χ0) is 21.9. The van der Waals surface area contributed by atoms with Crippen LogP contribution in [0.4, 0.5) is 0 Å². The lowest BCUT2D eigenvalue weighted by Gasteiger charge is -2.29. The average molecular weight is 427 g/mol. The van der Waals surface area contributed by atoms with Gasteiger partial charge in [0.15, 0.2) is 0 Å². The molecule has 0 radical (unpaired) electrons. The largest absolute Gasteiger partial charge is 0.352 e. The lowest BCUT2D eigenvalue weighted by molar-refractivity contribution is -0.138. The highest BCUT2D eigenvalue weighted by atomic mass is 32.2. The number of nitrogens with zero attached hydrogens (tertiary/aromatic N) is 1. The van der Waals surface area contributed by atoms with Gasteiger partial charge in [-0.2, -0.15) is 0 Å². The Hall–Kier alpha value is -2.27. The van der Waals surface area contributed by atoms with E-state index in [-0.39, 0.29) is 17.9 Å². The van der Waals surface area contributed by atoms with Crippen molar-refractivity contribution < 1.29 is 9.59 Å². The van der Waals surface area contributed by atoms with Crippen LogP contribution in [0.5, 0.6) is 0 Å². The van der Waals surface area contributed by atoms with E-state index in [9.17, 15) is 9.59 Å². The van der Waals surface area contributed by atoms with E-state index < -0.39 is 6.04 Å². The zero-order valence-corrected chi connectivity index (χ0v) is 19.4. The molecule has 0 aliphatic carbocycles. The number of benzene rings is 2. The van der Waals surface area contributed by atoms with Crippen LogP contribution in [0, 0.1) is 6.92 Å². The summed E-state index contributed by atoms with van der Waals surface area (Å²) >= 11 is 1.59. The van der Waals surface area contributed by atoms with Crippen LogP contribution in [-0.4, -0.2) is 41.1 Å². The summed E-state index contributed by atoms with van der Waals surface area (Å²) in [6.45, 7) is 8.44. The lowest BCUT2D eigenvalue weighted by Crippen LogP contribution is -2.51. The van der Waals surface area contributed by atoms with Crippen molar-refractivity contribution >= 4 is 23.6 Å². The molecule has 0 aliphatic heterocycles. The Balaban J connectivity index is 1.99. The normalized spacial score (nSPS) is 12.8. The van der Waals surface area contributed by atoms with Crippen molar-refractivity contribution in [2.45, 2.75) is 58.4 Å². The van der Waals surface area contributed by atoms with Crippen LogP contribution in [0.15, 0.2) is 54.6 Å². The monoisotopic (exact) mass is 426 g/mol. The van der Waals surface area contributed by atoms with E-state index in [1.165, 1.54) is 11.1 Å². The van der Waals surface area contributed by atoms with E-state index in [4.69, 9.17) is 0 Å². The van der Waals surface area contributed by atoms with Gasteiger partial charge in [-0.25, -0.2) is 0 Å². The van der Waals surface area contributed by atoms with Crippen LogP contribution < -0.4 is 5.32 Å². The van der Waals surface area contributed by atoms with Gasteiger partial charge in [-0.1, -0.05) is 67.1 Å². The zero-order valence-electron chi connectivity index (χ0n) is 18.6. The SMILES string of the molecule is CCC(C)NC(=O)C(C)N(CCc1ccccc1)C(=O)CSCc1ccc(C)cc1. The average Bonchev–Trinajstić information content (AvgIpc) is 2.75.